The smallest absolute Gasteiger partial charge is 0.176 e. The van der Waals surface area contributed by atoms with Crippen molar-refractivity contribution >= 4 is 68.0 Å². The Balaban J connectivity index is 1.70. The third-order valence-electron chi connectivity index (χ3n) is 3.42. The average molecular weight is 474 g/mol. The minimum absolute atomic E-state index is 0.276. The van der Waals surface area contributed by atoms with E-state index in [9.17, 15) is 4.39 Å². The molecule has 0 aliphatic heterocycles. The van der Waals surface area contributed by atoms with Gasteiger partial charge in [-0.2, -0.15) is 5.10 Å². The summed E-state index contributed by atoms with van der Waals surface area (Å²) >= 11 is 20.8. The Morgan fingerprint density at radius 3 is 2.73 bits per heavy atom. The van der Waals surface area contributed by atoms with E-state index < -0.39 is 0 Å². The van der Waals surface area contributed by atoms with Gasteiger partial charge in [-0.1, -0.05) is 41.4 Å². The van der Waals surface area contributed by atoms with Crippen LogP contribution >= 0.6 is 51.3 Å². The maximum atomic E-state index is 13.8. The molecule has 0 amide bonds. The topological polar surface area (TPSA) is 41.9 Å². The lowest BCUT2D eigenvalue weighted by molar-refractivity contribution is 0.586. The van der Waals surface area contributed by atoms with Crippen molar-refractivity contribution in [2.24, 2.45) is 0 Å². The molecule has 0 saturated carbocycles. The molecule has 0 spiro atoms. The number of anilines is 2. The van der Waals surface area contributed by atoms with Crippen LogP contribution in [-0.4, -0.2) is 14.9 Å². The molecule has 1 aromatic heterocycles. The Morgan fingerprint density at radius 1 is 1.19 bits per heavy atom. The van der Waals surface area contributed by atoms with Crippen LogP contribution in [0.4, 0.5) is 15.9 Å². The predicted molar refractivity (Wildman–Crippen MR) is 112 cm³/mol. The minimum Gasteiger partial charge on any atom is -0.331 e. The predicted octanol–water partition coefficient (Wildman–Crippen LogP) is 5.95. The van der Waals surface area contributed by atoms with Gasteiger partial charge in [0.2, 0.25) is 0 Å². The van der Waals surface area contributed by atoms with Gasteiger partial charge in [0.25, 0.3) is 0 Å². The molecule has 2 aromatic carbocycles. The zero-order chi connectivity index (χ0) is 18.7. The zero-order valence-corrected chi connectivity index (χ0v) is 17.1. The Bertz CT molecular complexity index is 964. The molecule has 1 heterocycles. The normalized spacial score (nSPS) is 10.6. The van der Waals surface area contributed by atoms with Crippen molar-refractivity contribution in [1.82, 2.24) is 9.78 Å². The van der Waals surface area contributed by atoms with E-state index in [1.54, 1.807) is 47.3 Å². The summed E-state index contributed by atoms with van der Waals surface area (Å²) in [6, 6.07) is 11.6. The summed E-state index contributed by atoms with van der Waals surface area (Å²) in [4.78, 5) is 0. The maximum Gasteiger partial charge on any atom is 0.176 e. The molecule has 9 heteroatoms. The number of nitrogens with zero attached hydrogens (tertiary/aromatic N) is 2. The standard InChI is InChI=1S/C17H12BrCl2FN4S/c18-12-9-25(8-10-3-1-2-4-14(10)21)24-16(12)23-17(26)22-15-7-11(19)5-6-13(15)20/h1-7,9H,8H2,(H2,22,23,24,26). The van der Waals surface area contributed by atoms with E-state index >= 15 is 0 Å². The number of benzene rings is 2. The third kappa shape index (κ3) is 4.73. The van der Waals surface area contributed by atoms with Gasteiger partial charge in [0.15, 0.2) is 10.9 Å². The molecule has 3 rings (SSSR count). The summed E-state index contributed by atoms with van der Waals surface area (Å²) in [5.41, 5.74) is 1.12. The molecule has 3 aromatic rings. The summed E-state index contributed by atoms with van der Waals surface area (Å²) < 4.78 is 16.1. The van der Waals surface area contributed by atoms with Crippen molar-refractivity contribution in [3.8, 4) is 0 Å². The van der Waals surface area contributed by atoms with Crippen molar-refractivity contribution in [3.05, 3.63) is 74.6 Å². The number of nitrogens with one attached hydrogen (secondary N) is 2. The first-order chi connectivity index (χ1) is 12.4. The summed E-state index contributed by atoms with van der Waals surface area (Å²) in [6.45, 7) is 0.299. The van der Waals surface area contributed by atoms with Crippen molar-refractivity contribution in [2.45, 2.75) is 6.54 Å². The lowest BCUT2D eigenvalue weighted by Crippen LogP contribution is -2.20. The number of hydrogen-bond acceptors (Lipinski definition) is 2. The Labute approximate surface area is 173 Å². The van der Waals surface area contributed by atoms with Crippen LogP contribution in [0.5, 0.6) is 0 Å². The van der Waals surface area contributed by atoms with Crippen LogP contribution < -0.4 is 10.6 Å². The van der Waals surface area contributed by atoms with Gasteiger partial charge in [-0.3, -0.25) is 4.68 Å². The number of aromatic nitrogens is 2. The van der Waals surface area contributed by atoms with Crippen molar-refractivity contribution in [1.29, 1.82) is 0 Å². The molecule has 0 aliphatic carbocycles. The second kappa shape index (κ2) is 8.35. The van der Waals surface area contributed by atoms with Crippen molar-refractivity contribution in [2.75, 3.05) is 10.6 Å². The van der Waals surface area contributed by atoms with Gasteiger partial charge >= 0.3 is 0 Å². The van der Waals surface area contributed by atoms with E-state index in [2.05, 4.69) is 31.7 Å². The highest BCUT2D eigenvalue weighted by atomic mass is 79.9. The Kier molecular flexibility index (Phi) is 6.13. The number of hydrogen-bond donors (Lipinski definition) is 2. The number of thiocarbonyl (C=S) groups is 1. The van der Waals surface area contributed by atoms with E-state index in [0.29, 0.717) is 43.2 Å². The first-order valence-corrected chi connectivity index (χ1v) is 9.37. The molecule has 0 bridgehead atoms. The number of halogens is 4. The van der Waals surface area contributed by atoms with E-state index in [-0.39, 0.29) is 5.82 Å². The van der Waals surface area contributed by atoms with Crippen LogP contribution in [0.25, 0.3) is 0 Å². The van der Waals surface area contributed by atoms with Crippen molar-refractivity contribution in [3.63, 3.8) is 0 Å². The molecule has 2 N–H and O–H groups in total. The maximum absolute atomic E-state index is 13.8. The SMILES string of the molecule is Fc1ccccc1Cn1cc(Br)c(NC(=S)Nc2cc(Cl)ccc2Cl)n1. The lowest BCUT2D eigenvalue weighted by Gasteiger charge is -2.11. The molecular formula is C17H12BrCl2FN4S. The fraction of sp³-hybridized carbons (Fsp3) is 0.0588. The first-order valence-electron chi connectivity index (χ1n) is 7.42. The van der Waals surface area contributed by atoms with Gasteiger partial charge in [0.05, 0.1) is 21.7 Å². The molecule has 0 saturated heterocycles. The molecule has 134 valence electrons. The highest BCUT2D eigenvalue weighted by Crippen LogP contribution is 2.26. The van der Waals surface area contributed by atoms with Gasteiger partial charge in [-0.25, -0.2) is 4.39 Å². The molecule has 4 nitrogen and oxygen atoms in total. The van der Waals surface area contributed by atoms with Gasteiger partial charge in [-0.15, -0.1) is 0 Å². The fourth-order valence-electron chi connectivity index (χ4n) is 2.22. The van der Waals surface area contributed by atoms with E-state index in [1.807, 2.05) is 0 Å². The summed E-state index contributed by atoms with van der Waals surface area (Å²) in [7, 11) is 0. The summed E-state index contributed by atoms with van der Waals surface area (Å²) in [5, 5.41) is 11.6. The van der Waals surface area contributed by atoms with Gasteiger partial charge in [0, 0.05) is 16.8 Å². The molecule has 0 aliphatic rings. The molecule has 0 unspecified atom stereocenters. The van der Waals surface area contributed by atoms with Crippen LogP contribution in [-0.2, 0) is 6.54 Å². The largest absolute Gasteiger partial charge is 0.331 e. The highest BCUT2D eigenvalue weighted by molar-refractivity contribution is 9.10. The third-order valence-corrected chi connectivity index (χ3v) is 4.76. The van der Waals surface area contributed by atoms with Gasteiger partial charge in [-0.05, 0) is 52.4 Å². The van der Waals surface area contributed by atoms with E-state index in [1.165, 1.54) is 6.07 Å². The van der Waals surface area contributed by atoms with Crippen LogP contribution in [0.1, 0.15) is 5.56 Å². The lowest BCUT2D eigenvalue weighted by atomic mass is 10.2. The van der Waals surface area contributed by atoms with Crippen LogP contribution in [0.3, 0.4) is 0 Å². The van der Waals surface area contributed by atoms with E-state index in [4.69, 9.17) is 35.4 Å². The van der Waals surface area contributed by atoms with Crippen LogP contribution in [0, 0.1) is 5.82 Å². The molecule has 0 fully saturated rings. The second-order valence-corrected chi connectivity index (χ2v) is 7.42. The summed E-state index contributed by atoms with van der Waals surface area (Å²) in [5.74, 6) is 0.221. The van der Waals surface area contributed by atoms with E-state index in [0.717, 1.165) is 0 Å². The Hall–Kier alpha value is -1.67. The second-order valence-electron chi connectivity index (χ2n) is 5.32. The van der Waals surface area contributed by atoms with Crippen LogP contribution in [0.15, 0.2) is 53.1 Å². The van der Waals surface area contributed by atoms with Crippen LogP contribution in [0.2, 0.25) is 10.0 Å². The highest BCUT2D eigenvalue weighted by Gasteiger charge is 2.11. The summed E-state index contributed by atoms with van der Waals surface area (Å²) in [6.07, 6.45) is 1.74. The molecule has 26 heavy (non-hydrogen) atoms. The zero-order valence-electron chi connectivity index (χ0n) is 13.1. The monoisotopic (exact) mass is 472 g/mol. The van der Waals surface area contributed by atoms with Gasteiger partial charge < -0.3 is 10.6 Å². The molecule has 0 atom stereocenters. The molecule has 0 radical (unpaired) electrons. The average Bonchev–Trinajstić information content (AvgIpc) is 2.92. The quantitative estimate of drug-likeness (QED) is 0.459. The van der Waals surface area contributed by atoms with Crippen molar-refractivity contribution < 1.29 is 4.39 Å². The minimum atomic E-state index is -0.276. The fourth-order valence-corrected chi connectivity index (χ4v) is 3.18. The Morgan fingerprint density at radius 2 is 1.96 bits per heavy atom. The molecular weight excluding hydrogens is 462 g/mol. The van der Waals surface area contributed by atoms with Gasteiger partial charge in [0.1, 0.15) is 5.82 Å². The first kappa shape index (κ1) is 19.1. The number of rotatable bonds is 4.